The molecular weight excluding hydrogens is 508 g/mol. The molecule has 12 nitrogen and oxygen atoms in total. The predicted octanol–water partition coefficient (Wildman–Crippen LogP) is 0.470. The molecule has 0 bridgehead atoms. The summed E-state index contributed by atoms with van der Waals surface area (Å²) in [4.78, 5) is 51.3. The van der Waals surface area contributed by atoms with Crippen LogP contribution in [0.1, 0.15) is 25.6 Å². The van der Waals surface area contributed by atoms with E-state index in [1.54, 1.807) is 12.1 Å². The lowest BCUT2D eigenvalue weighted by Crippen LogP contribution is -2.70. The molecule has 1 aromatic heterocycles. The van der Waals surface area contributed by atoms with Gasteiger partial charge in [-0.1, -0.05) is 6.07 Å². The number of β-lactam (4-membered cyclic amide) rings is 1. The Morgan fingerprint density at radius 2 is 2.03 bits per heavy atom. The summed E-state index contributed by atoms with van der Waals surface area (Å²) in [5.41, 5.74) is -1.49. The summed E-state index contributed by atoms with van der Waals surface area (Å²) < 4.78 is 29.4. The van der Waals surface area contributed by atoms with E-state index in [1.807, 2.05) is 5.38 Å². The summed E-state index contributed by atoms with van der Waals surface area (Å²) in [6.07, 6.45) is -1.18. The molecule has 1 saturated heterocycles. The molecule has 0 saturated carbocycles. The van der Waals surface area contributed by atoms with Crippen LogP contribution in [0.15, 0.2) is 28.8 Å². The fraction of sp³-hybridized carbons (Fsp3) is 0.474. The second kappa shape index (κ2) is 9.56. The first-order chi connectivity index (χ1) is 15.7. The van der Waals surface area contributed by atoms with Gasteiger partial charge < -0.3 is 15.2 Å². The molecule has 4 N–H and O–H groups in total. The van der Waals surface area contributed by atoms with Gasteiger partial charge in [0.05, 0.1) is 13.0 Å². The maximum Gasteiger partial charge on any atom is 0.425 e. The molecule has 2 aliphatic heterocycles. The van der Waals surface area contributed by atoms with Gasteiger partial charge in [-0.2, -0.15) is 12.7 Å². The van der Waals surface area contributed by atoms with E-state index in [0.29, 0.717) is 0 Å². The fourth-order valence-electron chi connectivity index (χ4n) is 3.35. The maximum absolute atomic E-state index is 12.8. The number of ether oxygens (including phenoxy) is 1. The van der Waals surface area contributed by atoms with Crippen LogP contribution in [0.4, 0.5) is 4.79 Å². The van der Waals surface area contributed by atoms with Gasteiger partial charge in [0, 0.05) is 10.6 Å². The summed E-state index contributed by atoms with van der Waals surface area (Å²) in [7, 11) is -4.60. The van der Waals surface area contributed by atoms with E-state index >= 15 is 0 Å². The summed E-state index contributed by atoms with van der Waals surface area (Å²) in [5.74, 6) is -2.51. The van der Waals surface area contributed by atoms with E-state index < -0.39 is 57.4 Å². The number of nitrogens with one attached hydrogen (secondary N) is 1. The molecule has 2 atom stereocenters. The third-order valence-electron chi connectivity index (χ3n) is 4.72. The van der Waals surface area contributed by atoms with Crippen molar-refractivity contribution < 1.29 is 37.4 Å². The second-order valence-electron chi connectivity index (χ2n) is 8.50. The van der Waals surface area contributed by atoms with Crippen molar-refractivity contribution >= 4 is 57.2 Å². The van der Waals surface area contributed by atoms with Crippen molar-refractivity contribution in [3.8, 4) is 0 Å². The summed E-state index contributed by atoms with van der Waals surface area (Å²) in [6.45, 7) is 3.89. The summed E-state index contributed by atoms with van der Waals surface area (Å²) >= 11 is 2.54. The number of rotatable bonds is 7. The van der Waals surface area contributed by atoms with E-state index in [2.05, 4.69) is 5.32 Å². The zero-order chi connectivity index (χ0) is 25.4. The molecule has 3 amide bonds. The lowest BCUT2D eigenvalue weighted by atomic mass is 10.0. The SMILES string of the molecule is CC(C)(C)OC(=O)N(CC1=C(C(=O)O)N2C(=O)C(NC(=O)Cc3cccs3)[C@H]2SC1)S(N)(=O)=O. The Hall–Kier alpha value is -2.62. The Morgan fingerprint density at radius 3 is 2.56 bits per heavy atom. The Balaban J connectivity index is 1.80. The lowest BCUT2D eigenvalue weighted by Gasteiger charge is -2.49. The molecule has 1 unspecified atom stereocenters. The number of fused-ring (bicyclic) bond motifs is 1. The van der Waals surface area contributed by atoms with Gasteiger partial charge in [-0.15, -0.1) is 23.1 Å². The molecule has 0 radical (unpaired) electrons. The third-order valence-corrected chi connectivity index (χ3v) is 7.83. The molecule has 1 fully saturated rings. The Morgan fingerprint density at radius 1 is 1.35 bits per heavy atom. The van der Waals surface area contributed by atoms with Crippen molar-refractivity contribution in [2.24, 2.45) is 5.14 Å². The first-order valence-corrected chi connectivity index (χ1v) is 13.4. The fourth-order valence-corrected chi connectivity index (χ4v) is 5.96. The number of carbonyl (C=O) groups excluding carboxylic acids is 3. The van der Waals surface area contributed by atoms with Gasteiger partial charge in [-0.05, 0) is 37.8 Å². The zero-order valence-electron chi connectivity index (χ0n) is 18.5. The molecule has 186 valence electrons. The normalized spacial score (nSPS) is 20.4. The van der Waals surface area contributed by atoms with Gasteiger partial charge in [0.15, 0.2) is 0 Å². The number of carbonyl (C=O) groups is 4. The Kier molecular flexibility index (Phi) is 7.31. The largest absolute Gasteiger partial charge is 0.477 e. The molecule has 3 rings (SSSR count). The van der Waals surface area contributed by atoms with E-state index in [-0.39, 0.29) is 28.0 Å². The van der Waals surface area contributed by atoms with Gasteiger partial charge >= 0.3 is 22.3 Å². The quantitative estimate of drug-likeness (QED) is 0.421. The molecule has 2 aliphatic rings. The second-order valence-corrected chi connectivity index (χ2v) is 12.1. The minimum absolute atomic E-state index is 0.00894. The van der Waals surface area contributed by atoms with Gasteiger partial charge in [-0.3, -0.25) is 14.5 Å². The van der Waals surface area contributed by atoms with Crippen LogP contribution in [0.5, 0.6) is 0 Å². The van der Waals surface area contributed by atoms with Crippen LogP contribution < -0.4 is 10.5 Å². The number of nitrogens with two attached hydrogens (primary N) is 1. The van der Waals surface area contributed by atoms with Gasteiger partial charge in [0.1, 0.15) is 22.7 Å². The highest BCUT2D eigenvalue weighted by Gasteiger charge is 2.54. The topological polar surface area (TPSA) is 176 Å². The monoisotopic (exact) mass is 532 g/mol. The number of carboxylic acid groups (broad SMARTS) is 1. The highest BCUT2D eigenvalue weighted by atomic mass is 32.2. The number of carboxylic acids is 1. The number of hydrogen-bond acceptors (Lipinski definition) is 9. The number of nitrogens with zero attached hydrogens (tertiary/aromatic N) is 2. The number of thioether (sulfide) groups is 1. The highest BCUT2D eigenvalue weighted by Crippen LogP contribution is 2.40. The van der Waals surface area contributed by atoms with Crippen LogP contribution in [-0.4, -0.2) is 75.9 Å². The van der Waals surface area contributed by atoms with Crippen LogP contribution in [0.25, 0.3) is 0 Å². The molecule has 0 aromatic carbocycles. The van der Waals surface area contributed by atoms with Crippen molar-refractivity contribution in [1.29, 1.82) is 0 Å². The van der Waals surface area contributed by atoms with Gasteiger partial charge in [0.2, 0.25) is 5.91 Å². The van der Waals surface area contributed by atoms with Crippen molar-refractivity contribution in [1.82, 2.24) is 14.5 Å². The molecule has 15 heteroatoms. The smallest absolute Gasteiger partial charge is 0.425 e. The minimum atomic E-state index is -4.60. The van der Waals surface area contributed by atoms with Crippen LogP contribution in [0.3, 0.4) is 0 Å². The molecule has 1 aromatic rings. The third kappa shape index (κ3) is 5.71. The van der Waals surface area contributed by atoms with Crippen molar-refractivity contribution in [2.45, 2.75) is 44.2 Å². The number of thiophene rings is 1. The van der Waals surface area contributed by atoms with E-state index in [4.69, 9.17) is 9.88 Å². The maximum atomic E-state index is 12.8. The Labute approximate surface area is 204 Å². The van der Waals surface area contributed by atoms with E-state index in [0.717, 1.165) is 21.5 Å². The first kappa shape index (κ1) is 26.0. The first-order valence-electron chi connectivity index (χ1n) is 9.94. The molecule has 0 spiro atoms. The zero-order valence-corrected chi connectivity index (χ0v) is 21.0. The molecular formula is C19H24N4O8S3. The summed E-state index contributed by atoms with van der Waals surface area (Å²) in [6, 6.07) is 2.66. The summed E-state index contributed by atoms with van der Waals surface area (Å²) in [5, 5.41) is 18.7. The Bertz CT molecular complexity index is 1140. The average molecular weight is 533 g/mol. The molecule has 3 heterocycles. The lowest BCUT2D eigenvalue weighted by molar-refractivity contribution is -0.150. The predicted molar refractivity (Wildman–Crippen MR) is 124 cm³/mol. The number of aliphatic carboxylic acids is 1. The van der Waals surface area contributed by atoms with E-state index in [9.17, 15) is 32.7 Å². The van der Waals surface area contributed by atoms with Crippen molar-refractivity contribution in [3.05, 3.63) is 33.7 Å². The standard InChI is InChI=1S/C19H24N4O8S3/c1-19(2,3)31-18(28)22(34(20,29)30)8-10-9-33-16-13(15(25)23(16)14(10)17(26)27)21-12(24)7-11-5-4-6-32-11/h4-6,13,16H,7-9H2,1-3H3,(H,21,24)(H,26,27)(H2,20,29,30)/t13?,16-/m1/s1. The minimum Gasteiger partial charge on any atom is -0.477 e. The van der Waals surface area contributed by atoms with Crippen LogP contribution in [-0.2, 0) is 35.8 Å². The van der Waals surface area contributed by atoms with Crippen LogP contribution in [0.2, 0.25) is 0 Å². The van der Waals surface area contributed by atoms with Crippen molar-refractivity contribution in [3.63, 3.8) is 0 Å². The highest BCUT2D eigenvalue weighted by molar-refractivity contribution is 8.00. The molecule has 0 aliphatic carbocycles. The number of amides is 3. The van der Waals surface area contributed by atoms with Crippen LogP contribution in [0, 0.1) is 0 Å². The average Bonchev–Trinajstić information content (AvgIpc) is 3.19. The van der Waals surface area contributed by atoms with Crippen molar-refractivity contribution in [2.75, 3.05) is 12.3 Å². The van der Waals surface area contributed by atoms with E-state index in [1.165, 1.54) is 32.1 Å². The number of hydrogen-bond donors (Lipinski definition) is 3. The van der Waals surface area contributed by atoms with Crippen LogP contribution >= 0.6 is 23.1 Å². The van der Waals surface area contributed by atoms with Gasteiger partial charge in [0.25, 0.3) is 5.91 Å². The van der Waals surface area contributed by atoms with Gasteiger partial charge in [-0.25, -0.2) is 14.7 Å². The molecule has 34 heavy (non-hydrogen) atoms.